The average molecular weight is 225 g/mol. The summed E-state index contributed by atoms with van der Waals surface area (Å²) in [5.41, 5.74) is 5.99. The lowest BCUT2D eigenvalue weighted by molar-refractivity contribution is 0.0737. The lowest BCUT2D eigenvalue weighted by Gasteiger charge is -2.40. The van der Waals surface area contributed by atoms with E-state index in [1.54, 1.807) is 0 Å². The Balaban J connectivity index is 1.77. The highest BCUT2D eigenvalue weighted by atomic mass is 15.3. The van der Waals surface area contributed by atoms with Crippen LogP contribution in [0.25, 0.3) is 0 Å². The molecule has 0 aromatic heterocycles. The summed E-state index contributed by atoms with van der Waals surface area (Å²) in [6, 6.07) is 2.01. The third-order valence-corrected chi connectivity index (χ3v) is 4.52. The van der Waals surface area contributed by atoms with Gasteiger partial charge in [-0.3, -0.25) is 9.80 Å². The van der Waals surface area contributed by atoms with E-state index in [1.807, 2.05) is 0 Å². The molecule has 3 unspecified atom stereocenters. The minimum Gasteiger partial charge on any atom is -0.328 e. The van der Waals surface area contributed by atoms with Crippen molar-refractivity contribution in [3.63, 3.8) is 0 Å². The van der Waals surface area contributed by atoms with E-state index in [4.69, 9.17) is 5.73 Å². The van der Waals surface area contributed by atoms with Gasteiger partial charge < -0.3 is 5.73 Å². The Morgan fingerprint density at radius 3 is 2.38 bits per heavy atom. The zero-order valence-corrected chi connectivity index (χ0v) is 10.9. The van der Waals surface area contributed by atoms with Crippen LogP contribution >= 0.6 is 0 Å². The molecule has 1 aliphatic heterocycles. The van der Waals surface area contributed by atoms with Gasteiger partial charge in [0.2, 0.25) is 0 Å². The molecule has 0 amide bonds. The fourth-order valence-corrected chi connectivity index (χ4v) is 3.12. The molecule has 1 saturated heterocycles. The van der Waals surface area contributed by atoms with E-state index in [2.05, 4.69) is 23.6 Å². The average Bonchev–Trinajstić information content (AvgIpc) is 2.75. The molecule has 0 bridgehead atoms. The highest BCUT2D eigenvalue weighted by molar-refractivity contribution is 4.87. The van der Waals surface area contributed by atoms with E-state index in [0.717, 1.165) is 12.1 Å². The Hall–Kier alpha value is -0.120. The van der Waals surface area contributed by atoms with Crippen LogP contribution in [0, 0.1) is 0 Å². The van der Waals surface area contributed by atoms with Crippen LogP contribution < -0.4 is 5.73 Å². The summed E-state index contributed by atoms with van der Waals surface area (Å²) in [7, 11) is 0. The Morgan fingerprint density at radius 2 is 1.88 bits per heavy atom. The topological polar surface area (TPSA) is 32.5 Å². The summed E-state index contributed by atoms with van der Waals surface area (Å²) >= 11 is 0. The number of hydrogen-bond donors (Lipinski definition) is 1. The van der Waals surface area contributed by atoms with Crippen LogP contribution in [-0.4, -0.2) is 54.1 Å². The van der Waals surface area contributed by atoms with Crippen LogP contribution in [0.5, 0.6) is 0 Å². The van der Waals surface area contributed by atoms with Crippen molar-refractivity contribution < 1.29 is 0 Å². The normalized spacial score (nSPS) is 35.4. The molecule has 2 N–H and O–H groups in total. The van der Waals surface area contributed by atoms with E-state index >= 15 is 0 Å². The highest BCUT2D eigenvalue weighted by Gasteiger charge is 2.30. The van der Waals surface area contributed by atoms with Gasteiger partial charge in [0.15, 0.2) is 0 Å². The smallest absolute Gasteiger partial charge is 0.0113 e. The molecule has 0 aromatic carbocycles. The van der Waals surface area contributed by atoms with Gasteiger partial charge in [-0.15, -0.1) is 0 Å². The van der Waals surface area contributed by atoms with Crippen LogP contribution in [0.1, 0.15) is 39.5 Å². The number of nitrogens with zero attached hydrogens (tertiary/aromatic N) is 2. The SMILES string of the molecule is CCC(C)N1CCN(C2CCC(N)C2)CC1. The minimum atomic E-state index is 0.470. The largest absolute Gasteiger partial charge is 0.328 e. The van der Waals surface area contributed by atoms with Crippen molar-refractivity contribution in [3.05, 3.63) is 0 Å². The van der Waals surface area contributed by atoms with E-state index in [1.165, 1.54) is 51.9 Å². The summed E-state index contributed by atoms with van der Waals surface area (Å²) < 4.78 is 0. The molecule has 3 nitrogen and oxygen atoms in total. The van der Waals surface area contributed by atoms with Gasteiger partial charge in [0.05, 0.1) is 0 Å². The maximum atomic E-state index is 5.99. The summed E-state index contributed by atoms with van der Waals surface area (Å²) in [5, 5.41) is 0. The van der Waals surface area contributed by atoms with Crippen LogP contribution in [0.4, 0.5) is 0 Å². The molecule has 1 aliphatic carbocycles. The zero-order chi connectivity index (χ0) is 11.5. The van der Waals surface area contributed by atoms with Gasteiger partial charge in [-0.2, -0.15) is 0 Å². The maximum absolute atomic E-state index is 5.99. The second-order valence-electron chi connectivity index (χ2n) is 5.56. The summed E-state index contributed by atoms with van der Waals surface area (Å²) in [6.07, 6.45) is 5.05. The first-order chi connectivity index (χ1) is 7.70. The van der Waals surface area contributed by atoms with Gasteiger partial charge in [-0.25, -0.2) is 0 Å². The van der Waals surface area contributed by atoms with Gasteiger partial charge in [0, 0.05) is 44.3 Å². The van der Waals surface area contributed by atoms with Gasteiger partial charge in [-0.05, 0) is 32.6 Å². The molecule has 16 heavy (non-hydrogen) atoms. The van der Waals surface area contributed by atoms with Crippen molar-refractivity contribution in [2.24, 2.45) is 5.73 Å². The summed E-state index contributed by atoms with van der Waals surface area (Å²) in [4.78, 5) is 5.30. The first-order valence-corrected chi connectivity index (χ1v) is 6.94. The van der Waals surface area contributed by atoms with Gasteiger partial charge in [0.25, 0.3) is 0 Å². The molecule has 1 saturated carbocycles. The molecule has 2 fully saturated rings. The fourth-order valence-electron chi connectivity index (χ4n) is 3.12. The second kappa shape index (κ2) is 5.48. The predicted octanol–water partition coefficient (Wildman–Crippen LogP) is 1.28. The molecule has 3 atom stereocenters. The summed E-state index contributed by atoms with van der Waals surface area (Å²) in [6.45, 7) is 9.64. The van der Waals surface area contributed by atoms with Crippen molar-refractivity contribution in [3.8, 4) is 0 Å². The van der Waals surface area contributed by atoms with Crippen molar-refractivity contribution in [2.75, 3.05) is 26.2 Å². The first kappa shape index (κ1) is 12.3. The van der Waals surface area contributed by atoms with E-state index in [-0.39, 0.29) is 0 Å². The number of piperazine rings is 1. The minimum absolute atomic E-state index is 0.470. The van der Waals surface area contributed by atoms with Crippen LogP contribution in [0.15, 0.2) is 0 Å². The molecule has 1 heterocycles. The first-order valence-electron chi connectivity index (χ1n) is 6.94. The monoisotopic (exact) mass is 225 g/mol. The third-order valence-electron chi connectivity index (χ3n) is 4.52. The number of nitrogens with two attached hydrogens (primary N) is 1. The predicted molar refractivity (Wildman–Crippen MR) is 68.5 cm³/mol. The van der Waals surface area contributed by atoms with Crippen molar-refractivity contribution >= 4 is 0 Å². The summed E-state index contributed by atoms with van der Waals surface area (Å²) in [5.74, 6) is 0. The van der Waals surface area contributed by atoms with Crippen LogP contribution in [-0.2, 0) is 0 Å². The van der Waals surface area contributed by atoms with Crippen molar-refractivity contribution in [1.82, 2.24) is 9.80 Å². The van der Waals surface area contributed by atoms with Gasteiger partial charge in [-0.1, -0.05) is 6.92 Å². The molecule has 0 radical (unpaired) electrons. The lowest BCUT2D eigenvalue weighted by Crippen LogP contribution is -2.52. The Morgan fingerprint density at radius 1 is 1.19 bits per heavy atom. The Kier molecular flexibility index (Phi) is 4.22. The molecular formula is C13H27N3. The van der Waals surface area contributed by atoms with E-state index in [9.17, 15) is 0 Å². The molecule has 2 aliphatic rings. The fraction of sp³-hybridized carbons (Fsp3) is 1.00. The molecule has 3 heteroatoms. The van der Waals surface area contributed by atoms with E-state index in [0.29, 0.717) is 6.04 Å². The third kappa shape index (κ3) is 2.76. The second-order valence-corrected chi connectivity index (χ2v) is 5.56. The van der Waals surface area contributed by atoms with E-state index < -0.39 is 0 Å². The lowest BCUT2D eigenvalue weighted by atomic mass is 10.1. The molecule has 0 aromatic rings. The molecular weight excluding hydrogens is 198 g/mol. The standard InChI is InChI=1S/C13H27N3/c1-3-11(2)15-6-8-16(9-7-15)13-5-4-12(14)10-13/h11-13H,3-10,14H2,1-2H3. The quantitative estimate of drug-likeness (QED) is 0.785. The number of hydrogen-bond acceptors (Lipinski definition) is 3. The maximum Gasteiger partial charge on any atom is 0.0113 e. The van der Waals surface area contributed by atoms with Crippen molar-refractivity contribution in [2.45, 2.75) is 57.7 Å². The van der Waals surface area contributed by atoms with Crippen LogP contribution in [0.2, 0.25) is 0 Å². The van der Waals surface area contributed by atoms with Gasteiger partial charge >= 0.3 is 0 Å². The zero-order valence-electron chi connectivity index (χ0n) is 10.9. The molecule has 0 spiro atoms. The Bertz CT molecular complexity index is 211. The van der Waals surface area contributed by atoms with Crippen LogP contribution in [0.3, 0.4) is 0 Å². The Labute approximate surface area is 100.0 Å². The number of rotatable bonds is 3. The highest BCUT2D eigenvalue weighted by Crippen LogP contribution is 2.24. The van der Waals surface area contributed by atoms with Gasteiger partial charge in [0.1, 0.15) is 0 Å². The van der Waals surface area contributed by atoms with Crippen molar-refractivity contribution in [1.29, 1.82) is 0 Å². The molecule has 94 valence electrons. The molecule has 2 rings (SSSR count).